The van der Waals surface area contributed by atoms with Crippen LogP contribution in [0.15, 0.2) is 66.0 Å². The number of carbonyl (C=O) groups is 1. The first kappa shape index (κ1) is 20.4. The average molecular weight is 431 g/mol. The molecule has 2 aromatic heterocycles. The highest BCUT2D eigenvalue weighted by Gasteiger charge is 2.31. The Bertz CT molecular complexity index is 1150. The number of aromatic nitrogens is 3. The first-order valence-corrected chi connectivity index (χ1v) is 11.1. The van der Waals surface area contributed by atoms with Gasteiger partial charge in [0.25, 0.3) is 5.56 Å². The van der Waals surface area contributed by atoms with E-state index < -0.39 is 0 Å². The number of likely N-dealkylation sites (tertiary alicyclic amines) is 1. The quantitative estimate of drug-likeness (QED) is 0.636. The summed E-state index contributed by atoms with van der Waals surface area (Å²) in [4.78, 5) is 36.0. The monoisotopic (exact) mass is 430 g/mol. The molecular formula is C25H26N4O3. The molecule has 1 atom stereocenters. The molecule has 0 spiro atoms. The van der Waals surface area contributed by atoms with E-state index in [-0.39, 0.29) is 17.4 Å². The molecule has 5 rings (SSSR count). The van der Waals surface area contributed by atoms with Crippen LogP contribution in [0.5, 0.6) is 5.75 Å². The summed E-state index contributed by atoms with van der Waals surface area (Å²) >= 11 is 0. The number of rotatable bonds is 4. The van der Waals surface area contributed by atoms with Crippen molar-refractivity contribution < 1.29 is 9.53 Å². The molecule has 2 aliphatic heterocycles. The minimum Gasteiger partial charge on any atom is -0.492 e. The van der Waals surface area contributed by atoms with Gasteiger partial charge in [-0.25, -0.2) is 4.98 Å². The van der Waals surface area contributed by atoms with Gasteiger partial charge in [-0.05, 0) is 48.9 Å². The largest absolute Gasteiger partial charge is 0.492 e. The van der Waals surface area contributed by atoms with Gasteiger partial charge in [-0.2, -0.15) is 0 Å². The van der Waals surface area contributed by atoms with Crippen LogP contribution < -0.4 is 10.3 Å². The number of hydrogen-bond acceptors (Lipinski definition) is 5. The smallest absolute Gasteiger partial charge is 0.253 e. The Morgan fingerprint density at radius 1 is 1.09 bits per heavy atom. The lowest BCUT2D eigenvalue weighted by atomic mass is 9.92. The van der Waals surface area contributed by atoms with Crippen molar-refractivity contribution in [3.8, 4) is 17.0 Å². The zero-order chi connectivity index (χ0) is 21.9. The molecule has 1 saturated heterocycles. The Morgan fingerprint density at radius 3 is 2.66 bits per heavy atom. The van der Waals surface area contributed by atoms with E-state index in [9.17, 15) is 9.59 Å². The predicted molar refractivity (Wildman–Crippen MR) is 120 cm³/mol. The van der Waals surface area contributed by atoms with Gasteiger partial charge in [0.1, 0.15) is 12.4 Å². The number of fused-ring (bicyclic) bond motifs is 1. The Morgan fingerprint density at radius 2 is 1.88 bits per heavy atom. The highest BCUT2D eigenvalue weighted by atomic mass is 16.5. The molecule has 1 fully saturated rings. The van der Waals surface area contributed by atoms with Crippen molar-refractivity contribution in [3.63, 3.8) is 0 Å². The van der Waals surface area contributed by atoms with Crippen molar-refractivity contribution in [2.45, 2.75) is 25.8 Å². The zero-order valence-electron chi connectivity index (χ0n) is 17.9. The van der Waals surface area contributed by atoms with Crippen LogP contribution in [0, 0.1) is 11.8 Å². The third-order valence-electron chi connectivity index (χ3n) is 6.46. The molecule has 7 nitrogen and oxygen atoms in total. The van der Waals surface area contributed by atoms with E-state index in [1.807, 2.05) is 41.3 Å². The number of carbonyl (C=O) groups excluding carboxylic acids is 1. The van der Waals surface area contributed by atoms with Crippen molar-refractivity contribution in [3.05, 3.63) is 77.1 Å². The molecule has 0 radical (unpaired) electrons. The number of para-hydroxylation sites is 1. The van der Waals surface area contributed by atoms with E-state index in [1.165, 1.54) is 0 Å². The highest BCUT2D eigenvalue weighted by Crippen LogP contribution is 2.29. The second-order valence-corrected chi connectivity index (χ2v) is 8.59. The van der Waals surface area contributed by atoms with Gasteiger partial charge >= 0.3 is 0 Å². The number of piperidine rings is 1. The van der Waals surface area contributed by atoms with Crippen LogP contribution in [0.3, 0.4) is 0 Å². The number of amides is 1. The van der Waals surface area contributed by atoms with Crippen LogP contribution in [0.2, 0.25) is 0 Å². The van der Waals surface area contributed by atoms with Gasteiger partial charge < -0.3 is 9.64 Å². The van der Waals surface area contributed by atoms with E-state index in [0.717, 1.165) is 49.2 Å². The summed E-state index contributed by atoms with van der Waals surface area (Å²) in [6.07, 6.45) is 7.51. The molecule has 7 heteroatoms. The Kier molecular flexibility index (Phi) is 5.71. The molecule has 1 amide bonds. The van der Waals surface area contributed by atoms with Gasteiger partial charge in [0.2, 0.25) is 5.91 Å². The molecule has 0 N–H and O–H groups in total. The second kappa shape index (κ2) is 8.94. The van der Waals surface area contributed by atoms with Crippen LogP contribution in [0.25, 0.3) is 11.3 Å². The molecule has 164 valence electrons. The van der Waals surface area contributed by atoms with Gasteiger partial charge in [-0.1, -0.05) is 18.2 Å². The molecule has 2 aliphatic rings. The third kappa shape index (κ3) is 4.28. The fourth-order valence-corrected chi connectivity index (χ4v) is 4.60. The van der Waals surface area contributed by atoms with Crippen LogP contribution in [0.4, 0.5) is 0 Å². The fraction of sp³-hybridized carbons (Fsp3) is 0.360. The minimum atomic E-state index is -0.117. The Balaban J connectivity index is 1.17. The number of pyridine rings is 1. The van der Waals surface area contributed by atoms with E-state index in [4.69, 9.17) is 4.74 Å². The summed E-state index contributed by atoms with van der Waals surface area (Å²) in [5, 5.41) is 0. The lowest BCUT2D eigenvalue weighted by molar-refractivity contribution is -0.138. The molecule has 0 aliphatic carbocycles. The molecule has 32 heavy (non-hydrogen) atoms. The number of ether oxygens (including phenoxy) is 1. The summed E-state index contributed by atoms with van der Waals surface area (Å²) in [6.45, 7) is 2.52. The van der Waals surface area contributed by atoms with Crippen molar-refractivity contribution in [1.82, 2.24) is 19.4 Å². The van der Waals surface area contributed by atoms with Crippen molar-refractivity contribution >= 4 is 5.91 Å². The summed E-state index contributed by atoms with van der Waals surface area (Å²) in [7, 11) is 0. The predicted octanol–water partition coefficient (Wildman–Crippen LogP) is 2.80. The van der Waals surface area contributed by atoms with Crippen molar-refractivity contribution in [1.29, 1.82) is 0 Å². The van der Waals surface area contributed by atoms with Gasteiger partial charge in [0.15, 0.2) is 0 Å². The van der Waals surface area contributed by atoms with Crippen LogP contribution in [0.1, 0.15) is 18.4 Å². The Labute approximate surface area is 186 Å². The first-order chi connectivity index (χ1) is 15.7. The lowest BCUT2D eigenvalue weighted by Gasteiger charge is -2.35. The van der Waals surface area contributed by atoms with E-state index >= 15 is 0 Å². The van der Waals surface area contributed by atoms with Gasteiger partial charge in [-0.3, -0.25) is 19.1 Å². The second-order valence-electron chi connectivity index (χ2n) is 8.59. The zero-order valence-corrected chi connectivity index (χ0v) is 17.9. The third-order valence-corrected chi connectivity index (χ3v) is 6.46. The topological polar surface area (TPSA) is 77.3 Å². The van der Waals surface area contributed by atoms with Gasteiger partial charge in [0, 0.05) is 43.7 Å². The summed E-state index contributed by atoms with van der Waals surface area (Å²) < 4.78 is 7.49. The molecule has 0 bridgehead atoms. The maximum Gasteiger partial charge on any atom is 0.253 e. The molecule has 1 unspecified atom stereocenters. The maximum atomic E-state index is 13.0. The number of benzene rings is 1. The molecular weight excluding hydrogens is 404 g/mol. The van der Waals surface area contributed by atoms with Crippen molar-refractivity contribution in [2.24, 2.45) is 11.8 Å². The maximum absolute atomic E-state index is 13.0. The Hall–Kier alpha value is -3.48. The molecule has 1 aromatic carbocycles. The van der Waals surface area contributed by atoms with E-state index in [0.29, 0.717) is 24.8 Å². The molecule has 0 saturated carbocycles. The summed E-state index contributed by atoms with van der Waals surface area (Å²) in [6, 6.07) is 13.2. The lowest BCUT2D eigenvalue weighted by Crippen LogP contribution is -2.45. The van der Waals surface area contributed by atoms with E-state index in [2.05, 4.69) is 9.97 Å². The van der Waals surface area contributed by atoms with Crippen LogP contribution in [-0.2, 0) is 17.8 Å². The SMILES string of the molecule is O=C(C1COc2ccccc2C1)N1CCC(Cn2cnc(-c3ccncc3)cc2=O)CC1. The standard InChI is InChI=1S/C25H26N4O3/c30-24-14-22(19-5-9-26-10-6-19)27-17-29(24)15-18-7-11-28(12-8-18)25(31)21-13-20-3-1-2-4-23(20)32-16-21/h1-6,9-10,14,17-18,21H,7-8,11-13,15-16H2. The normalized spacial score (nSPS) is 18.6. The number of nitrogens with zero attached hydrogens (tertiary/aromatic N) is 4. The van der Waals surface area contributed by atoms with E-state index in [1.54, 1.807) is 29.4 Å². The highest BCUT2D eigenvalue weighted by molar-refractivity contribution is 5.80. The van der Waals surface area contributed by atoms with Gasteiger partial charge in [-0.15, -0.1) is 0 Å². The van der Waals surface area contributed by atoms with Crippen LogP contribution in [-0.4, -0.2) is 45.0 Å². The van der Waals surface area contributed by atoms with Crippen LogP contribution >= 0.6 is 0 Å². The van der Waals surface area contributed by atoms with Gasteiger partial charge in [0.05, 0.1) is 17.9 Å². The average Bonchev–Trinajstić information content (AvgIpc) is 2.85. The first-order valence-electron chi connectivity index (χ1n) is 11.1. The summed E-state index contributed by atoms with van der Waals surface area (Å²) in [5.41, 5.74) is 2.59. The molecule has 4 heterocycles. The summed E-state index contributed by atoms with van der Waals surface area (Å²) in [5.74, 6) is 1.31. The van der Waals surface area contributed by atoms with Crippen molar-refractivity contribution in [2.75, 3.05) is 19.7 Å². The fourth-order valence-electron chi connectivity index (χ4n) is 4.60. The molecule has 3 aromatic rings. The number of hydrogen-bond donors (Lipinski definition) is 0. The minimum absolute atomic E-state index is 0.0525.